The smallest absolute Gasteiger partial charge is 0.431 e. The quantitative estimate of drug-likeness (QED) is 0.405. The zero-order valence-corrected chi connectivity index (χ0v) is 18.2. The molecule has 1 aromatic heterocycles. The number of benzene rings is 1. The van der Waals surface area contributed by atoms with Crippen LogP contribution in [0.5, 0.6) is 5.75 Å². The van der Waals surface area contributed by atoms with Gasteiger partial charge in [0.2, 0.25) is 17.6 Å². The van der Waals surface area contributed by atoms with Gasteiger partial charge in [-0.15, -0.1) is 4.68 Å². The number of hydrogen-bond acceptors (Lipinski definition) is 8. The van der Waals surface area contributed by atoms with Crippen molar-refractivity contribution >= 4 is 44.6 Å². The van der Waals surface area contributed by atoms with E-state index in [1.807, 2.05) is 30.9 Å². The van der Waals surface area contributed by atoms with E-state index in [9.17, 15) is 4.79 Å². The lowest BCUT2D eigenvalue weighted by atomic mass is 10.2. The monoisotopic (exact) mass is 417 g/mol. The molecule has 154 valence electrons. The Kier molecular flexibility index (Phi) is 7.44. The summed E-state index contributed by atoms with van der Waals surface area (Å²) in [6.07, 6.45) is 0. The minimum absolute atomic E-state index is 0.205. The standard InChI is InChI=1S/C18H24N8O2S/c1-12(27)20-13-10-15(24(3)4)16(28-7)11-14(13)21-22-17-26(6)23-18(29-17)25(5)9-8-19-2/h10-11H,8-9H2,1,3-7H3/p+1. The molecule has 1 aromatic carbocycles. The first kappa shape index (κ1) is 22.0. The number of likely N-dealkylation sites (N-methyl/N-ethyl adjacent to an activating group) is 1. The third kappa shape index (κ3) is 5.61. The van der Waals surface area contributed by atoms with Crippen LogP contribution in [0.4, 0.5) is 27.3 Å². The van der Waals surface area contributed by atoms with Gasteiger partial charge < -0.3 is 24.7 Å². The molecule has 11 heteroatoms. The molecule has 0 aliphatic carbocycles. The fraction of sp³-hybridized carbons (Fsp3) is 0.444. The molecule has 0 radical (unpaired) electrons. The first-order valence-electron chi connectivity index (χ1n) is 8.77. The first-order chi connectivity index (χ1) is 13.8. The van der Waals surface area contributed by atoms with Crippen LogP contribution in [0.25, 0.3) is 4.85 Å². The Bertz CT molecular complexity index is 948. The van der Waals surface area contributed by atoms with Gasteiger partial charge in [0.1, 0.15) is 18.5 Å². The summed E-state index contributed by atoms with van der Waals surface area (Å²) in [4.78, 5) is 18.8. The summed E-state index contributed by atoms with van der Waals surface area (Å²) < 4.78 is 7.08. The van der Waals surface area contributed by atoms with Crippen LogP contribution >= 0.6 is 11.3 Å². The van der Waals surface area contributed by atoms with E-state index >= 15 is 0 Å². The van der Waals surface area contributed by atoms with Crippen molar-refractivity contribution in [3.8, 4) is 5.75 Å². The molecule has 2 aromatic rings. The summed E-state index contributed by atoms with van der Waals surface area (Å²) in [7, 11) is 9.02. The third-order valence-electron chi connectivity index (χ3n) is 3.90. The molecular formula is C18H25N8O2S+. The van der Waals surface area contributed by atoms with Crippen LogP contribution in [0.15, 0.2) is 22.4 Å². The summed E-state index contributed by atoms with van der Waals surface area (Å²) in [5.41, 5.74) is 1.81. The Balaban J connectivity index is 2.39. The van der Waals surface area contributed by atoms with Crippen molar-refractivity contribution in [3.63, 3.8) is 0 Å². The highest BCUT2D eigenvalue weighted by molar-refractivity contribution is 7.18. The summed E-state index contributed by atoms with van der Waals surface area (Å²) in [6, 6.07) is 3.53. The van der Waals surface area contributed by atoms with Crippen LogP contribution in [0.2, 0.25) is 0 Å². The molecule has 10 nitrogen and oxygen atoms in total. The number of nitrogens with zero attached hydrogens (tertiary/aromatic N) is 7. The van der Waals surface area contributed by atoms with Crippen molar-refractivity contribution in [1.29, 1.82) is 0 Å². The van der Waals surface area contributed by atoms with Crippen molar-refractivity contribution in [2.45, 2.75) is 6.92 Å². The highest BCUT2D eigenvalue weighted by Gasteiger charge is 2.20. The molecule has 0 atom stereocenters. The first-order valence-corrected chi connectivity index (χ1v) is 9.58. The van der Waals surface area contributed by atoms with Crippen LogP contribution in [-0.4, -0.2) is 52.3 Å². The van der Waals surface area contributed by atoms with Gasteiger partial charge in [0.15, 0.2) is 0 Å². The minimum atomic E-state index is -0.205. The van der Waals surface area contributed by atoms with E-state index < -0.39 is 0 Å². The van der Waals surface area contributed by atoms with E-state index in [1.54, 1.807) is 31.0 Å². The number of anilines is 3. The molecule has 2 rings (SSSR count). The van der Waals surface area contributed by atoms with Crippen molar-refractivity contribution in [1.82, 2.24) is 5.10 Å². The van der Waals surface area contributed by atoms with E-state index in [4.69, 9.17) is 11.3 Å². The highest BCUT2D eigenvalue weighted by Crippen LogP contribution is 2.39. The molecule has 0 saturated carbocycles. The average Bonchev–Trinajstić information content (AvgIpc) is 3.04. The molecule has 29 heavy (non-hydrogen) atoms. The summed E-state index contributed by atoms with van der Waals surface area (Å²) >= 11 is 1.36. The van der Waals surface area contributed by atoms with Crippen LogP contribution in [-0.2, 0) is 11.8 Å². The third-order valence-corrected chi connectivity index (χ3v) is 5.01. The summed E-state index contributed by atoms with van der Waals surface area (Å²) in [5, 5.41) is 17.2. The van der Waals surface area contributed by atoms with Gasteiger partial charge in [0, 0.05) is 34.1 Å². The number of aryl methyl sites for hydroxylation is 1. The van der Waals surface area contributed by atoms with E-state index in [1.165, 1.54) is 18.3 Å². The molecule has 1 heterocycles. The molecular weight excluding hydrogens is 392 g/mol. The molecule has 0 unspecified atom stereocenters. The fourth-order valence-corrected chi connectivity index (χ4v) is 3.24. The number of aromatic nitrogens is 2. The number of methoxy groups -OCH3 is 1. The number of ether oxygens (including phenoxy) is 1. The second kappa shape index (κ2) is 9.79. The lowest BCUT2D eigenvalue weighted by Crippen LogP contribution is -2.31. The largest absolute Gasteiger partial charge is 0.494 e. The van der Waals surface area contributed by atoms with Gasteiger partial charge in [-0.2, -0.15) is 0 Å². The van der Waals surface area contributed by atoms with Gasteiger partial charge in [-0.1, -0.05) is 5.10 Å². The topological polar surface area (TPSA) is 90.7 Å². The van der Waals surface area contributed by atoms with Crippen molar-refractivity contribution in [3.05, 3.63) is 23.5 Å². The average molecular weight is 418 g/mol. The number of azo groups is 1. The molecule has 1 amide bonds. The predicted molar refractivity (Wildman–Crippen MR) is 114 cm³/mol. The maximum Gasteiger partial charge on any atom is 0.431 e. The van der Waals surface area contributed by atoms with Crippen LogP contribution < -0.4 is 24.5 Å². The molecule has 0 spiro atoms. The number of nitrogens with one attached hydrogen (secondary N) is 1. The fourth-order valence-electron chi connectivity index (χ4n) is 2.41. The highest BCUT2D eigenvalue weighted by atomic mass is 32.1. The molecule has 0 aliphatic rings. The summed E-state index contributed by atoms with van der Waals surface area (Å²) in [6.45, 7) is 9.33. The van der Waals surface area contributed by atoms with Crippen LogP contribution in [0.1, 0.15) is 6.92 Å². The Labute approximate surface area is 174 Å². The van der Waals surface area contributed by atoms with Gasteiger partial charge in [0.05, 0.1) is 30.1 Å². The Hall–Kier alpha value is -3.26. The zero-order valence-electron chi connectivity index (χ0n) is 17.4. The van der Waals surface area contributed by atoms with E-state index in [0.29, 0.717) is 35.3 Å². The SMILES string of the molecule is [C-]#[N+]CCN(C)c1n[n+](C)c(N=Nc2cc(OC)c(N(C)C)cc2NC(C)=O)s1. The lowest BCUT2D eigenvalue weighted by Gasteiger charge is -2.18. The van der Waals surface area contributed by atoms with Crippen molar-refractivity contribution < 1.29 is 14.2 Å². The van der Waals surface area contributed by atoms with Crippen LogP contribution in [0.3, 0.4) is 0 Å². The zero-order chi connectivity index (χ0) is 21.6. The maximum atomic E-state index is 11.6. The molecule has 1 N–H and O–H groups in total. The maximum absolute atomic E-state index is 11.6. The molecule has 0 fully saturated rings. The number of hydrogen-bond donors (Lipinski definition) is 1. The van der Waals surface area contributed by atoms with E-state index in [2.05, 4.69) is 25.5 Å². The predicted octanol–water partition coefficient (Wildman–Crippen LogP) is 2.77. The molecule has 0 saturated heterocycles. The number of rotatable bonds is 8. The minimum Gasteiger partial charge on any atom is -0.494 e. The van der Waals surface area contributed by atoms with E-state index in [0.717, 1.165) is 10.8 Å². The normalized spacial score (nSPS) is 10.7. The lowest BCUT2D eigenvalue weighted by molar-refractivity contribution is -0.712. The number of carbonyl (C=O) groups is 1. The summed E-state index contributed by atoms with van der Waals surface area (Å²) in [5.74, 6) is 0.412. The second-order valence-corrected chi connectivity index (χ2v) is 7.35. The second-order valence-electron chi connectivity index (χ2n) is 6.41. The van der Waals surface area contributed by atoms with Crippen LogP contribution in [0, 0.1) is 6.57 Å². The molecule has 0 bridgehead atoms. The van der Waals surface area contributed by atoms with Gasteiger partial charge in [-0.25, -0.2) is 6.57 Å². The Morgan fingerprint density at radius 2 is 2.10 bits per heavy atom. The van der Waals surface area contributed by atoms with Gasteiger partial charge in [-0.3, -0.25) is 4.79 Å². The Morgan fingerprint density at radius 3 is 2.69 bits per heavy atom. The van der Waals surface area contributed by atoms with E-state index in [-0.39, 0.29) is 5.91 Å². The van der Waals surface area contributed by atoms with Crippen molar-refractivity contribution in [2.75, 3.05) is 56.5 Å². The Morgan fingerprint density at radius 1 is 1.38 bits per heavy atom. The van der Waals surface area contributed by atoms with Gasteiger partial charge in [-0.05, 0) is 22.5 Å². The number of amides is 1. The van der Waals surface area contributed by atoms with Gasteiger partial charge >= 0.3 is 5.13 Å². The number of carbonyl (C=O) groups excluding carboxylic acids is 1. The molecule has 0 aliphatic heterocycles. The van der Waals surface area contributed by atoms with Crippen molar-refractivity contribution in [2.24, 2.45) is 17.3 Å². The van der Waals surface area contributed by atoms with Gasteiger partial charge in [0.25, 0.3) is 0 Å².